The van der Waals surface area contributed by atoms with E-state index in [0.29, 0.717) is 11.3 Å². The van der Waals surface area contributed by atoms with Crippen LogP contribution in [0.15, 0.2) is 71.8 Å². The molecule has 0 N–H and O–H groups in total. The average Bonchev–Trinajstić information content (AvgIpc) is 3.04. The number of benzene rings is 2. The van der Waals surface area contributed by atoms with Gasteiger partial charge in [0.05, 0.1) is 5.69 Å². The largest absolute Gasteiger partial charge is 0.240 e. The van der Waals surface area contributed by atoms with Crippen molar-refractivity contribution in [1.29, 1.82) is 5.26 Å². The lowest BCUT2D eigenvalue weighted by molar-refractivity contribution is 0.609. The second-order valence-corrected chi connectivity index (χ2v) is 7.46. The van der Waals surface area contributed by atoms with Gasteiger partial charge in [-0.05, 0) is 18.2 Å². The van der Waals surface area contributed by atoms with Gasteiger partial charge in [0.25, 0.3) is 0 Å². The molecule has 25 heavy (non-hydrogen) atoms. The van der Waals surface area contributed by atoms with E-state index in [1.54, 1.807) is 16.9 Å². The SMILES string of the molecule is CS(=O)(=O)/C(C#N)=C\c1cn(-c2ccccc2)nc1-c1ccccc1. The molecule has 0 aliphatic carbocycles. The van der Waals surface area contributed by atoms with Crippen LogP contribution >= 0.6 is 0 Å². The van der Waals surface area contributed by atoms with Crippen molar-refractivity contribution in [2.75, 3.05) is 6.26 Å². The molecule has 0 saturated carbocycles. The molecular formula is C19H15N3O2S. The van der Waals surface area contributed by atoms with Crippen LogP contribution in [0.4, 0.5) is 0 Å². The molecule has 0 spiro atoms. The Morgan fingerprint density at radius 2 is 1.68 bits per heavy atom. The van der Waals surface area contributed by atoms with Crippen molar-refractivity contribution in [1.82, 2.24) is 9.78 Å². The summed E-state index contributed by atoms with van der Waals surface area (Å²) in [7, 11) is -3.60. The molecule has 0 fully saturated rings. The van der Waals surface area contributed by atoms with E-state index in [1.165, 1.54) is 6.08 Å². The van der Waals surface area contributed by atoms with Crippen LogP contribution < -0.4 is 0 Å². The molecule has 1 aromatic heterocycles. The molecule has 0 atom stereocenters. The van der Waals surface area contributed by atoms with Gasteiger partial charge in [-0.2, -0.15) is 10.4 Å². The van der Waals surface area contributed by atoms with Crippen LogP contribution in [0.1, 0.15) is 5.56 Å². The van der Waals surface area contributed by atoms with Gasteiger partial charge in [0, 0.05) is 23.6 Å². The van der Waals surface area contributed by atoms with Crippen LogP contribution in [-0.4, -0.2) is 24.5 Å². The van der Waals surface area contributed by atoms with Gasteiger partial charge in [0.2, 0.25) is 0 Å². The molecule has 0 amide bonds. The minimum atomic E-state index is -3.60. The van der Waals surface area contributed by atoms with Gasteiger partial charge in [0.15, 0.2) is 9.84 Å². The third-order valence-electron chi connectivity index (χ3n) is 3.61. The number of rotatable bonds is 4. The Morgan fingerprint density at radius 1 is 1.08 bits per heavy atom. The second kappa shape index (κ2) is 6.75. The third-order valence-corrected chi connectivity index (χ3v) is 4.61. The van der Waals surface area contributed by atoms with Gasteiger partial charge in [0.1, 0.15) is 16.7 Å². The van der Waals surface area contributed by atoms with E-state index in [4.69, 9.17) is 0 Å². The van der Waals surface area contributed by atoms with Crippen LogP contribution in [-0.2, 0) is 9.84 Å². The molecule has 0 radical (unpaired) electrons. The van der Waals surface area contributed by atoms with Crippen LogP contribution in [0.3, 0.4) is 0 Å². The third kappa shape index (κ3) is 3.67. The number of nitriles is 1. The van der Waals surface area contributed by atoms with Crippen LogP contribution in [0.2, 0.25) is 0 Å². The lowest BCUT2D eigenvalue weighted by atomic mass is 10.1. The summed E-state index contributed by atoms with van der Waals surface area (Å²) in [6.45, 7) is 0. The zero-order valence-corrected chi connectivity index (χ0v) is 14.3. The molecule has 0 bridgehead atoms. The predicted molar refractivity (Wildman–Crippen MR) is 97.4 cm³/mol. The molecule has 3 aromatic rings. The summed E-state index contributed by atoms with van der Waals surface area (Å²) < 4.78 is 25.2. The summed E-state index contributed by atoms with van der Waals surface area (Å²) >= 11 is 0. The zero-order chi connectivity index (χ0) is 17.9. The highest BCUT2D eigenvalue weighted by atomic mass is 32.2. The van der Waals surface area contributed by atoms with Gasteiger partial charge in [-0.1, -0.05) is 48.5 Å². The highest BCUT2D eigenvalue weighted by Crippen LogP contribution is 2.26. The number of sulfone groups is 1. The molecule has 1 heterocycles. The summed E-state index contributed by atoms with van der Waals surface area (Å²) in [6, 6.07) is 20.7. The zero-order valence-electron chi connectivity index (χ0n) is 13.5. The Morgan fingerprint density at radius 3 is 2.24 bits per heavy atom. The first-order valence-corrected chi connectivity index (χ1v) is 9.40. The van der Waals surface area contributed by atoms with Crippen LogP contribution in [0.5, 0.6) is 0 Å². The smallest absolute Gasteiger partial charge is 0.185 e. The van der Waals surface area contributed by atoms with E-state index in [9.17, 15) is 13.7 Å². The Bertz CT molecular complexity index is 1060. The lowest BCUT2D eigenvalue weighted by Crippen LogP contribution is -1.98. The predicted octanol–water partition coefficient (Wildman–Crippen LogP) is 3.45. The molecule has 0 saturated heterocycles. The van der Waals surface area contributed by atoms with E-state index < -0.39 is 9.84 Å². The van der Waals surface area contributed by atoms with Crippen molar-refractivity contribution in [3.05, 3.63) is 77.3 Å². The lowest BCUT2D eigenvalue weighted by Gasteiger charge is -2.00. The van der Waals surface area contributed by atoms with E-state index in [0.717, 1.165) is 17.5 Å². The fourth-order valence-corrected chi connectivity index (χ4v) is 2.90. The minimum Gasteiger partial charge on any atom is -0.240 e. The minimum absolute atomic E-state index is 0.294. The van der Waals surface area contributed by atoms with Gasteiger partial charge < -0.3 is 0 Å². The molecular weight excluding hydrogens is 334 g/mol. The fourth-order valence-electron chi connectivity index (χ4n) is 2.39. The Labute approximate surface area is 146 Å². The monoisotopic (exact) mass is 349 g/mol. The number of nitrogens with zero attached hydrogens (tertiary/aromatic N) is 3. The van der Waals surface area contributed by atoms with E-state index in [2.05, 4.69) is 5.10 Å². The van der Waals surface area contributed by atoms with Crippen molar-refractivity contribution >= 4 is 15.9 Å². The number of para-hydroxylation sites is 1. The van der Waals surface area contributed by atoms with E-state index >= 15 is 0 Å². The molecule has 5 nitrogen and oxygen atoms in total. The van der Waals surface area contributed by atoms with Gasteiger partial charge in [-0.15, -0.1) is 0 Å². The standard InChI is InChI=1S/C19H15N3O2S/c1-25(23,24)18(13-20)12-16-14-22(17-10-6-3-7-11-17)21-19(16)15-8-4-2-5-9-15/h2-12,14H,1H3/b18-12-. The highest BCUT2D eigenvalue weighted by molar-refractivity contribution is 7.95. The topological polar surface area (TPSA) is 75.8 Å². The number of allylic oxidation sites excluding steroid dienone is 1. The number of hydrogen-bond acceptors (Lipinski definition) is 4. The second-order valence-electron chi connectivity index (χ2n) is 5.47. The molecule has 2 aromatic carbocycles. The summed E-state index contributed by atoms with van der Waals surface area (Å²) in [5, 5.41) is 13.8. The van der Waals surface area contributed by atoms with Crippen molar-refractivity contribution in [3.8, 4) is 23.0 Å². The molecule has 0 unspecified atom stereocenters. The molecule has 0 aliphatic heterocycles. The van der Waals surface area contributed by atoms with Crippen LogP contribution in [0.25, 0.3) is 23.0 Å². The summed E-state index contributed by atoms with van der Waals surface area (Å²) in [5.74, 6) is 0. The Kier molecular flexibility index (Phi) is 4.50. The summed E-state index contributed by atoms with van der Waals surface area (Å²) in [5.41, 5.74) is 2.87. The maximum Gasteiger partial charge on any atom is 0.185 e. The number of aromatic nitrogens is 2. The maximum atomic E-state index is 11.8. The normalized spacial score (nSPS) is 11.9. The quantitative estimate of drug-likeness (QED) is 0.676. The summed E-state index contributed by atoms with van der Waals surface area (Å²) in [4.78, 5) is -0.294. The van der Waals surface area contributed by atoms with Crippen molar-refractivity contribution in [2.24, 2.45) is 0 Å². The maximum absolute atomic E-state index is 11.8. The molecule has 6 heteroatoms. The Balaban J connectivity index is 2.22. The Hall–Kier alpha value is -3.17. The van der Waals surface area contributed by atoms with E-state index in [-0.39, 0.29) is 4.91 Å². The first kappa shape index (κ1) is 16.7. The highest BCUT2D eigenvalue weighted by Gasteiger charge is 2.15. The summed E-state index contributed by atoms with van der Waals surface area (Å²) in [6.07, 6.45) is 4.11. The van der Waals surface area contributed by atoms with Crippen molar-refractivity contribution < 1.29 is 8.42 Å². The van der Waals surface area contributed by atoms with Crippen molar-refractivity contribution in [3.63, 3.8) is 0 Å². The molecule has 3 rings (SSSR count). The first-order chi connectivity index (χ1) is 12.0. The average molecular weight is 349 g/mol. The van der Waals surface area contributed by atoms with Crippen LogP contribution in [0, 0.1) is 11.3 Å². The molecule has 124 valence electrons. The number of hydrogen-bond donors (Lipinski definition) is 0. The van der Waals surface area contributed by atoms with Gasteiger partial charge in [-0.25, -0.2) is 13.1 Å². The van der Waals surface area contributed by atoms with E-state index in [1.807, 2.05) is 60.7 Å². The molecule has 0 aliphatic rings. The van der Waals surface area contributed by atoms with Gasteiger partial charge in [-0.3, -0.25) is 0 Å². The first-order valence-electron chi connectivity index (χ1n) is 7.51. The van der Waals surface area contributed by atoms with Gasteiger partial charge >= 0.3 is 0 Å². The fraction of sp³-hybridized carbons (Fsp3) is 0.0526. The van der Waals surface area contributed by atoms with Crippen molar-refractivity contribution in [2.45, 2.75) is 0 Å².